The van der Waals surface area contributed by atoms with E-state index in [1.54, 1.807) is 6.92 Å². The van der Waals surface area contributed by atoms with Crippen molar-refractivity contribution in [3.8, 4) is 0 Å². The van der Waals surface area contributed by atoms with Gasteiger partial charge in [0, 0.05) is 6.04 Å². The molecular weight excluding hydrogens is 184 g/mol. The van der Waals surface area contributed by atoms with E-state index in [4.69, 9.17) is 10.8 Å². The summed E-state index contributed by atoms with van der Waals surface area (Å²) >= 11 is 0. The maximum atomic E-state index is 11.0. The van der Waals surface area contributed by atoms with Gasteiger partial charge in [0.15, 0.2) is 0 Å². The van der Waals surface area contributed by atoms with Crippen LogP contribution in [0.15, 0.2) is 0 Å². The van der Waals surface area contributed by atoms with Gasteiger partial charge in [-0.05, 0) is 12.8 Å². The van der Waals surface area contributed by atoms with Gasteiger partial charge in [-0.25, -0.2) is 0 Å². The van der Waals surface area contributed by atoms with Gasteiger partial charge in [-0.1, -0.05) is 13.8 Å². The van der Waals surface area contributed by atoms with Crippen LogP contribution in [0.5, 0.6) is 0 Å². The average Bonchev–Trinajstić information content (AvgIpc) is 1.97. The average molecular weight is 202 g/mol. The first-order valence-corrected chi connectivity index (χ1v) is 4.61. The second-order valence-corrected chi connectivity index (χ2v) is 3.79. The van der Waals surface area contributed by atoms with Crippen molar-refractivity contribution < 1.29 is 14.7 Å². The zero-order valence-corrected chi connectivity index (χ0v) is 8.78. The van der Waals surface area contributed by atoms with Gasteiger partial charge in [-0.15, -0.1) is 0 Å². The molecule has 0 aliphatic rings. The Morgan fingerprint density at radius 2 is 1.86 bits per heavy atom. The lowest BCUT2D eigenvalue weighted by molar-refractivity contribution is -0.137. The van der Waals surface area contributed by atoms with Gasteiger partial charge in [-0.3, -0.25) is 9.59 Å². The second kappa shape index (κ2) is 5.59. The molecule has 0 spiro atoms. The molecule has 0 aromatic carbocycles. The molecule has 4 N–H and O–H groups in total. The van der Waals surface area contributed by atoms with Crippen LogP contribution >= 0.6 is 0 Å². The lowest BCUT2D eigenvalue weighted by Crippen LogP contribution is -2.49. The van der Waals surface area contributed by atoms with E-state index in [0.717, 1.165) is 0 Å². The van der Waals surface area contributed by atoms with E-state index >= 15 is 0 Å². The van der Waals surface area contributed by atoms with E-state index in [2.05, 4.69) is 5.32 Å². The number of hydrogen-bond acceptors (Lipinski definition) is 3. The number of rotatable bonds is 6. The summed E-state index contributed by atoms with van der Waals surface area (Å²) in [5.41, 5.74) is 5.17. The summed E-state index contributed by atoms with van der Waals surface area (Å²) in [5, 5.41) is 11.4. The van der Waals surface area contributed by atoms with Gasteiger partial charge in [0.25, 0.3) is 0 Å². The minimum atomic E-state index is -0.892. The minimum absolute atomic E-state index is 0.0174. The molecule has 0 radical (unpaired) electrons. The maximum Gasteiger partial charge on any atom is 0.304 e. The van der Waals surface area contributed by atoms with Gasteiger partial charge in [0.1, 0.15) is 0 Å². The Kier molecular flexibility index (Phi) is 5.15. The molecule has 5 heteroatoms. The highest BCUT2D eigenvalue weighted by Crippen LogP contribution is 2.03. The van der Waals surface area contributed by atoms with Gasteiger partial charge in [0.05, 0.1) is 12.5 Å². The van der Waals surface area contributed by atoms with E-state index in [1.807, 2.05) is 13.8 Å². The third-order valence-electron chi connectivity index (χ3n) is 1.92. The molecule has 14 heavy (non-hydrogen) atoms. The van der Waals surface area contributed by atoms with Crippen molar-refractivity contribution in [3.05, 3.63) is 0 Å². The summed E-state index contributed by atoms with van der Waals surface area (Å²) in [4.78, 5) is 21.3. The Morgan fingerprint density at radius 3 is 2.14 bits per heavy atom. The monoisotopic (exact) mass is 202 g/mol. The van der Waals surface area contributed by atoms with Crippen molar-refractivity contribution in [1.82, 2.24) is 5.32 Å². The van der Waals surface area contributed by atoms with Crippen LogP contribution in [0.3, 0.4) is 0 Å². The van der Waals surface area contributed by atoms with E-state index < -0.39 is 17.9 Å². The quantitative estimate of drug-likeness (QED) is 0.563. The molecule has 0 aromatic heterocycles. The molecule has 0 saturated carbocycles. The molecule has 0 bridgehead atoms. The van der Waals surface area contributed by atoms with E-state index in [9.17, 15) is 9.59 Å². The molecule has 0 saturated heterocycles. The summed E-state index contributed by atoms with van der Waals surface area (Å²) in [5.74, 6) is -1.28. The van der Waals surface area contributed by atoms with Crippen LogP contribution in [0.4, 0.5) is 0 Å². The van der Waals surface area contributed by atoms with Gasteiger partial charge in [0.2, 0.25) is 5.91 Å². The highest BCUT2D eigenvalue weighted by atomic mass is 16.4. The van der Waals surface area contributed by atoms with Gasteiger partial charge in [-0.2, -0.15) is 0 Å². The largest absolute Gasteiger partial charge is 0.481 e. The molecular formula is C9H18N2O3. The van der Waals surface area contributed by atoms with Crippen molar-refractivity contribution in [3.63, 3.8) is 0 Å². The summed E-state index contributed by atoms with van der Waals surface area (Å²) in [6.45, 7) is 5.43. The Labute approximate surface area is 83.7 Å². The zero-order valence-electron chi connectivity index (χ0n) is 8.78. The number of hydrogen-bond donors (Lipinski definition) is 3. The summed E-state index contributed by atoms with van der Waals surface area (Å²) in [6, 6.07) is -0.725. The topological polar surface area (TPSA) is 92.4 Å². The van der Waals surface area contributed by atoms with Crippen molar-refractivity contribution in [2.24, 2.45) is 11.7 Å². The van der Waals surface area contributed by atoms with Crippen LogP contribution in [0.2, 0.25) is 0 Å². The summed E-state index contributed by atoms with van der Waals surface area (Å²) in [7, 11) is 0. The second-order valence-electron chi connectivity index (χ2n) is 3.79. The molecule has 0 heterocycles. The van der Waals surface area contributed by atoms with Crippen LogP contribution in [-0.4, -0.2) is 29.1 Å². The smallest absolute Gasteiger partial charge is 0.304 e. The van der Waals surface area contributed by atoms with Gasteiger partial charge < -0.3 is 16.2 Å². The fourth-order valence-electron chi connectivity index (χ4n) is 1.23. The summed E-state index contributed by atoms with van der Waals surface area (Å²) in [6.07, 6.45) is -0.0174. The number of carboxylic acid groups (broad SMARTS) is 1. The maximum absolute atomic E-state index is 11.0. The lowest BCUT2D eigenvalue weighted by Gasteiger charge is -2.22. The third-order valence-corrected chi connectivity index (χ3v) is 1.92. The zero-order chi connectivity index (χ0) is 11.3. The molecule has 0 aromatic rings. The van der Waals surface area contributed by atoms with Gasteiger partial charge >= 0.3 is 5.97 Å². The van der Waals surface area contributed by atoms with Crippen molar-refractivity contribution in [1.29, 1.82) is 0 Å². The number of aliphatic carboxylic acids is 1. The van der Waals surface area contributed by atoms with Crippen LogP contribution in [-0.2, 0) is 9.59 Å². The molecule has 82 valence electrons. The Bertz CT molecular complexity index is 216. The number of nitrogens with one attached hydrogen (secondary N) is 1. The Balaban J connectivity index is 4.16. The molecule has 0 aliphatic carbocycles. The molecule has 0 aliphatic heterocycles. The number of carbonyl (C=O) groups excluding carboxylic acids is 1. The number of nitrogens with two attached hydrogens (primary N) is 1. The number of amides is 1. The standard InChI is InChI=1S/C9H18N2O3/c1-5(2)8(9(10)14)11-6(3)4-7(12)13/h5-6,8,11H,4H2,1-3H3,(H2,10,14)(H,12,13). The third kappa shape index (κ3) is 4.81. The molecule has 1 amide bonds. The van der Waals surface area contributed by atoms with Crippen molar-refractivity contribution in [2.45, 2.75) is 39.3 Å². The van der Waals surface area contributed by atoms with Crippen molar-refractivity contribution >= 4 is 11.9 Å². The first-order chi connectivity index (χ1) is 6.34. The highest BCUT2D eigenvalue weighted by Gasteiger charge is 2.21. The SMILES string of the molecule is CC(CC(=O)O)NC(C(N)=O)C(C)C. The van der Waals surface area contributed by atoms with E-state index in [0.29, 0.717) is 0 Å². The molecule has 0 rings (SSSR count). The number of carbonyl (C=O) groups is 2. The molecule has 5 nitrogen and oxygen atoms in total. The predicted octanol–water partition coefficient (Wildman–Crippen LogP) is -0.0509. The Hall–Kier alpha value is -1.10. The summed E-state index contributed by atoms with van der Waals surface area (Å²) < 4.78 is 0. The fraction of sp³-hybridized carbons (Fsp3) is 0.778. The number of carboxylic acids is 1. The lowest BCUT2D eigenvalue weighted by atomic mass is 10.0. The van der Waals surface area contributed by atoms with E-state index in [-0.39, 0.29) is 18.4 Å². The molecule has 0 fully saturated rings. The van der Waals surface area contributed by atoms with Crippen molar-refractivity contribution in [2.75, 3.05) is 0 Å². The fourth-order valence-corrected chi connectivity index (χ4v) is 1.23. The normalized spacial score (nSPS) is 15.1. The van der Waals surface area contributed by atoms with Crippen LogP contribution < -0.4 is 11.1 Å². The van der Waals surface area contributed by atoms with Crippen LogP contribution in [0.25, 0.3) is 0 Å². The Morgan fingerprint density at radius 1 is 1.36 bits per heavy atom. The van der Waals surface area contributed by atoms with E-state index in [1.165, 1.54) is 0 Å². The first kappa shape index (κ1) is 12.9. The van der Waals surface area contributed by atoms with Crippen LogP contribution in [0.1, 0.15) is 27.2 Å². The molecule has 2 atom stereocenters. The van der Waals surface area contributed by atoms with Crippen LogP contribution in [0, 0.1) is 5.92 Å². The molecule has 2 unspecified atom stereocenters. The minimum Gasteiger partial charge on any atom is -0.481 e. The highest BCUT2D eigenvalue weighted by molar-refractivity contribution is 5.80. The number of primary amides is 1. The first-order valence-electron chi connectivity index (χ1n) is 4.61. The predicted molar refractivity (Wildman–Crippen MR) is 52.7 cm³/mol.